The van der Waals surface area contributed by atoms with Crippen molar-refractivity contribution in [3.8, 4) is 5.75 Å². The monoisotopic (exact) mass is 201 g/mol. The predicted octanol–water partition coefficient (Wildman–Crippen LogP) is 2.31. The molecule has 0 fully saturated rings. The van der Waals surface area contributed by atoms with Gasteiger partial charge in [0.1, 0.15) is 5.75 Å². The molecule has 0 aromatic heterocycles. The first-order chi connectivity index (χ1) is 7.29. The Morgan fingerprint density at radius 3 is 2.60 bits per heavy atom. The maximum absolute atomic E-state index is 9.33. The largest absolute Gasteiger partial charge is 0.508 e. The van der Waals surface area contributed by atoms with Crippen LogP contribution in [-0.4, -0.2) is 18.7 Å². The SMILES string of the molecule is CNCCc1ccc2cc(O)ccc2c1. The highest BCUT2D eigenvalue weighted by Crippen LogP contribution is 2.21. The topological polar surface area (TPSA) is 32.3 Å². The molecule has 0 atom stereocenters. The number of nitrogens with one attached hydrogen (secondary N) is 1. The van der Waals surface area contributed by atoms with Crippen LogP contribution < -0.4 is 5.32 Å². The maximum atomic E-state index is 9.33. The molecular formula is C13H15NO. The maximum Gasteiger partial charge on any atom is 0.116 e. The van der Waals surface area contributed by atoms with Crippen LogP contribution in [0.2, 0.25) is 0 Å². The first kappa shape index (κ1) is 9.99. The first-order valence-electron chi connectivity index (χ1n) is 5.16. The molecule has 2 N–H and O–H groups in total. The van der Waals surface area contributed by atoms with E-state index >= 15 is 0 Å². The van der Waals surface area contributed by atoms with E-state index < -0.39 is 0 Å². The lowest BCUT2D eigenvalue weighted by Gasteiger charge is -2.03. The van der Waals surface area contributed by atoms with Crippen molar-refractivity contribution < 1.29 is 5.11 Å². The highest BCUT2D eigenvalue weighted by molar-refractivity contribution is 5.84. The zero-order valence-electron chi connectivity index (χ0n) is 8.83. The van der Waals surface area contributed by atoms with E-state index in [1.54, 1.807) is 12.1 Å². The fourth-order valence-electron chi connectivity index (χ4n) is 1.71. The summed E-state index contributed by atoms with van der Waals surface area (Å²) < 4.78 is 0. The third-order valence-corrected chi connectivity index (χ3v) is 2.55. The molecule has 0 aliphatic heterocycles. The summed E-state index contributed by atoms with van der Waals surface area (Å²) in [6.45, 7) is 0.990. The molecule has 2 heteroatoms. The molecule has 0 bridgehead atoms. The molecule has 0 saturated carbocycles. The van der Waals surface area contributed by atoms with E-state index in [4.69, 9.17) is 0 Å². The van der Waals surface area contributed by atoms with Crippen molar-refractivity contribution >= 4 is 10.8 Å². The van der Waals surface area contributed by atoms with Crippen LogP contribution in [-0.2, 0) is 6.42 Å². The molecule has 2 nitrogen and oxygen atoms in total. The molecule has 0 radical (unpaired) electrons. The minimum Gasteiger partial charge on any atom is -0.508 e. The zero-order chi connectivity index (χ0) is 10.7. The summed E-state index contributed by atoms with van der Waals surface area (Å²) in [5, 5.41) is 14.7. The molecule has 2 rings (SSSR count). The van der Waals surface area contributed by atoms with Crippen molar-refractivity contribution in [1.82, 2.24) is 5.32 Å². The number of benzene rings is 2. The molecule has 0 unspecified atom stereocenters. The van der Waals surface area contributed by atoms with Crippen molar-refractivity contribution in [3.05, 3.63) is 42.0 Å². The molecule has 0 saturated heterocycles. The highest BCUT2D eigenvalue weighted by atomic mass is 16.3. The lowest BCUT2D eigenvalue weighted by Crippen LogP contribution is -2.10. The molecule has 78 valence electrons. The molecular weight excluding hydrogens is 186 g/mol. The number of phenolic OH excluding ortho intramolecular Hbond substituents is 1. The first-order valence-corrected chi connectivity index (χ1v) is 5.16. The van der Waals surface area contributed by atoms with E-state index in [-0.39, 0.29) is 0 Å². The van der Waals surface area contributed by atoms with Gasteiger partial charge < -0.3 is 10.4 Å². The van der Waals surface area contributed by atoms with Crippen molar-refractivity contribution in [2.24, 2.45) is 0 Å². The summed E-state index contributed by atoms with van der Waals surface area (Å²) in [6.07, 6.45) is 1.04. The van der Waals surface area contributed by atoms with Gasteiger partial charge in [-0.25, -0.2) is 0 Å². The highest BCUT2D eigenvalue weighted by Gasteiger charge is 1.97. The Balaban J connectivity index is 2.34. The molecule has 15 heavy (non-hydrogen) atoms. The minimum atomic E-state index is 0.325. The number of likely N-dealkylation sites (N-methyl/N-ethyl adjacent to an activating group) is 1. The zero-order valence-corrected chi connectivity index (χ0v) is 8.83. The van der Waals surface area contributed by atoms with E-state index in [2.05, 4.69) is 23.5 Å². The molecule has 2 aromatic rings. The number of phenols is 1. The van der Waals surface area contributed by atoms with Crippen LogP contribution in [0.15, 0.2) is 36.4 Å². The Kier molecular flexibility index (Phi) is 2.88. The average molecular weight is 201 g/mol. The third-order valence-electron chi connectivity index (χ3n) is 2.55. The van der Waals surface area contributed by atoms with Gasteiger partial charge in [0.05, 0.1) is 0 Å². The average Bonchev–Trinajstić information content (AvgIpc) is 2.26. The Morgan fingerprint density at radius 2 is 1.80 bits per heavy atom. The summed E-state index contributed by atoms with van der Waals surface area (Å²) in [5.74, 6) is 0.325. The Morgan fingerprint density at radius 1 is 1.07 bits per heavy atom. The summed E-state index contributed by atoms with van der Waals surface area (Å²) >= 11 is 0. The molecule has 0 heterocycles. The van der Waals surface area contributed by atoms with E-state index in [1.165, 1.54) is 10.9 Å². The summed E-state index contributed by atoms with van der Waals surface area (Å²) in [5.41, 5.74) is 1.32. The summed E-state index contributed by atoms with van der Waals surface area (Å²) in [7, 11) is 1.96. The second-order valence-electron chi connectivity index (χ2n) is 3.72. The smallest absolute Gasteiger partial charge is 0.116 e. The van der Waals surface area contributed by atoms with E-state index in [9.17, 15) is 5.11 Å². The predicted molar refractivity (Wildman–Crippen MR) is 63.2 cm³/mol. The van der Waals surface area contributed by atoms with Crippen molar-refractivity contribution in [2.45, 2.75) is 6.42 Å². The van der Waals surface area contributed by atoms with Crippen LogP contribution in [0.1, 0.15) is 5.56 Å². The van der Waals surface area contributed by atoms with Gasteiger partial charge in [-0.2, -0.15) is 0 Å². The molecule has 0 aliphatic carbocycles. The molecule has 2 aromatic carbocycles. The standard InChI is InChI=1S/C13H15NO/c1-14-7-6-10-2-3-12-9-13(15)5-4-11(12)8-10/h2-5,8-9,14-15H,6-7H2,1H3. The van der Waals surface area contributed by atoms with Gasteiger partial charge >= 0.3 is 0 Å². The fourth-order valence-corrected chi connectivity index (χ4v) is 1.71. The van der Waals surface area contributed by atoms with Crippen LogP contribution in [0.3, 0.4) is 0 Å². The van der Waals surface area contributed by atoms with Gasteiger partial charge in [-0.3, -0.25) is 0 Å². The fraction of sp³-hybridized carbons (Fsp3) is 0.231. The van der Waals surface area contributed by atoms with E-state index in [0.717, 1.165) is 18.4 Å². The molecule has 0 spiro atoms. The van der Waals surface area contributed by atoms with Gasteiger partial charge in [0.25, 0.3) is 0 Å². The van der Waals surface area contributed by atoms with Crippen LogP contribution in [0.5, 0.6) is 5.75 Å². The van der Waals surface area contributed by atoms with Crippen molar-refractivity contribution in [3.63, 3.8) is 0 Å². The molecule has 0 amide bonds. The second-order valence-corrected chi connectivity index (χ2v) is 3.72. The van der Waals surface area contributed by atoms with Gasteiger partial charge in [0.2, 0.25) is 0 Å². The van der Waals surface area contributed by atoms with E-state index in [1.807, 2.05) is 13.1 Å². The Bertz CT molecular complexity index is 465. The van der Waals surface area contributed by atoms with Gasteiger partial charge in [-0.1, -0.05) is 24.3 Å². The van der Waals surface area contributed by atoms with Gasteiger partial charge in [-0.15, -0.1) is 0 Å². The number of fused-ring (bicyclic) bond motifs is 1. The van der Waals surface area contributed by atoms with Crippen molar-refractivity contribution in [1.29, 1.82) is 0 Å². The van der Waals surface area contributed by atoms with Crippen molar-refractivity contribution in [2.75, 3.05) is 13.6 Å². The molecule has 0 aliphatic rings. The second kappa shape index (κ2) is 4.32. The van der Waals surface area contributed by atoms with Gasteiger partial charge in [0, 0.05) is 0 Å². The Hall–Kier alpha value is -1.54. The number of aromatic hydroxyl groups is 1. The minimum absolute atomic E-state index is 0.325. The third kappa shape index (κ3) is 2.28. The number of rotatable bonds is 3. The quantitative estimate of drug-likeness (QED) is 0.798. The lowest BCUT2D eigenvalue weighted by atomic mass is 10.0. The number of hydrogen-bond donors (Lipinski definition) is 2. The van der Waals surface area contributed by atoms with Crippen LogP contribution in [0.4, 0.5) is 0 Å². The summed E-state index contributed by atoms with van der Waals surface area (Å²) in [4.78, 5) is 0. The Labute approximate surface area is 89.6 Å². The lowest BCUT2D eigenvalue weighted by molar-refractivity contribution is 0.476. The normalized spacial score (nSPS) is 10.7. The van der Waals surface area contributed by atoms with Crippen LogP contribution >= 0.6 is 0 Å². The van der Waals surface area contributed by atoms with Crippen LogP contribution in [0, 0.1) is 0 Å². The summed E-state index contributed by atoms with van der Waals surface area (Å²) in [6, 6.07) is 11.8. The van der Waals surface area contributed by atoms with Gasteiger partial charge in [-0.05, 0) is 48.5 Å². The van der Waals surface area contributed by atoms with Crippen LogP contribution in [0.25, 0.3) is 10.8 Å². The van der Waals surface area contributed by atoms with E-state index in [0.29, 0.717) is 5.75 Å². The number of hydrogen-bond acceptors (Lipinski definition) is 2. The van der Waals surface area contributed by atoms with Gasteiger partial charge in [0.15, 0.2) is 0 Å².